The average molecular weight is 227 g/mol. The highest BCUT2D eigenvalue weighted by atomic mass is 16.3. The number of piperidine rings is 1. The molecule has 0 unspecified atom stereocenters. The van der Waals surface area contributed by atoms with Gasteiger partial charge in [0.05, 0.1) is 11.1 Å². The summed E-state index contributed by atoms with van der Waals surface area (Å²) in [5.41, 5.74) is -1.30. The fourth-order valence-corrected chi connectivity index (χ4v) is 2.05. The van der Waals surface area contributed by atoms with Crippen LogP contribution < -0.4 is 0 Å². The highest BCUT2D eigenvalue weighted by Crippen LogP contribution is 2.37. The number of likely N-dealkylation sites (tertiary alicyclic amines) is 1. The Morgan fingerprint density at radius 3 is 2.12 bits per heavy atom. The Kier molecular flexibility index (Phi) is 3.14. The molecule has 16 heavy (non-hydrogen) atoms. The van der Waals surface area contributed by atoms with Gasteiger partial charge in [-0.05, 0) is 39.5 Å². The van der Waals surface area contributed by atoms with Crippen LogP contribution in [0.3, 0.4) is 0 Å². The molecule has 0 aromatic carbocycles. The number of nitrogens with zero attached hydrogens (tertiary/aromatic N) is 1. The van der Waals surface area contributed by atoms with Crippen LogP contribution in [0.15, 0.2) is 0 Å². The van der Waals surface area contributed by atoms with Gasteiger partial charge in [0.1, 0.15) is 0 Å². The van der Waals surface area contributed by atoms with E-state index in [1.54, 1.807) is 13.8 Å². The van der Waals surface area contributed by atoms with Gasteiger partial charge in [-0.25, -0.2) is 0 Å². The van der Waals surface area contributed by atoms with Gasteiger partial charge in [0, 0.05) is 13.0 Å². The molecule has 1 N–H and O–H groups in total. The van der Waals surface area contributed by atoms with Crippen molar-refractivity contribution in [1.82, 2.24) is 4.90 Å². The Labute approximate surface area is 98.8 Å². The molecule has 1 aliphatic heterocycles. The normalized spacial score (nSPS) is 22.4. The van der Waals surface area contributed by atoms with Gasteiger partial charge in [-0.3, -0.25) is 4.79 Å². The summed E-state index contributed by atoms with van der Waals surface area (Å²) in [6, 6.07) is 0. The van der Waals surface area contributed by atoms with Crippen LogP contribution in [0.1, 0.15) is 54.4 Å². The Balaban J connectivity index is 2.88. The van der Waals surface area contributed by atoms with Gasteiger partial charge < -0.3 is 10.0 Å². The molecule has 0 spiro atoms. The first kappa shape index (κ1) is 13.5. The van der Waals surface area contributed by atoms with Crippen molar-refractivity contribution in [2.45, 2.75) is 65.5 Å². The molecule has 0 aromatic rings. The van der Waals surface area contributed by atoms with Gasteiger partial charge in [0.15, 0.2) is 0 Å². The second-order valence-electron chi connectivity index (χ2n) is 6.75. The lowest BCUT2D eigenvalue weighted by Crippen LogP contribution is -2.62. The summed E-state index contributed by atoms with van der Waals surface area (Å²) < 4.78 is 0. The molecule has 1 aliphatic rings. The lowest BCUT2D eigenvalue weighted by molar-refractivity contribution is -0.155. The van der Waals surface area contributed by atoms with E-state index in [1.165, 1.54) is 0 Å². The quantitative estimate of drug-likeness (QED) is 0.785. The van der Waals surface area contributed by atoms with Crippen molar-refractivity contribution in [3.63, 3.8) is 0 Å². The van der Waals surface area contributed by atoms with Crippen LogP contribution in [-0.2, 0) is 4.79 Å². The van der Waals surface area contributed by atoms with E-state index in [2.05, 4.69) is 13.8 Å². The van der Waals surface area contributed by atoms with Gasteiger partial charge in [0.25, 0.3) is 0 Å². The van der Waals surface area contributed by atoms with Crippen LogP contribution >= 0.6 is 0 Å². The van der Waals surface area contributed by atoms with Crippen LogP contribution in [0.2, 0.25) is 0 Å². The summed E-state index contributed by atoms with van der Waals surface area (Å²) >= 11 is 0. The molecule has 0 bridgehead atoms. The predicted octanol–water partition coefficient (Wildman–Crippen LogP) is 2.18. The van der Waals surface area contributed by atoms with E-state index >= 15 is 0 Å². The van der Waals surface area contributed by atoms with E-state index in [4.69, 9.17) is 0 Å². The maximum atomic E-state index is 12.1. The summed E-state index contributed by atoms with van der Waals surface area (Å²) in [5, 5.41) is 10.2. The van der Waals surface area contributed by atoms with Gasteiger partial charge in [-0.15, -0.1) is 0 Å². The zero-order valence-corrected chi connectivity index (χ0v) is 11.4. The summed E-state index contributed by atoms with van der Waals surface area (Å²) in [5.74, 6) is 0.156. The fourth-order valence-electron chi connectivity index (χ4n) is 2.05. The zero-order chi connectivity index (χ0) is 12.8. The van der Waals surface area contributed by atoms with E-state index in [0.717, 1.165) is 13.0 Å². The average Bonchev–Trinajstić information content (AvgIpc) is 1.98. The second kappa shape index (κ2) is 3.73. The largest absolute Gasteiger partial charge is 0.388 e. The minimum Gasteiger partial charge on any atom is -0.388 e. The number of carbonyl (C=O) groups excluding carboxylic acids is 1. The van der Waals surface area contributed by atoms with Gasteiger partial charge in [0.2, 0.25) is 5.91 Å². The highest BCUT2D eigenvalue weighted by molar-refractivity contribution is 5.78. The third-order valence-electron chi connectivity index (χ3n) is 4.12. The molecule has 0 radical (unpaired) electrons. The molecule has 0 aliphatic carbocycles. The number of aliphatic hydroxyl groups is 1. The molecule has 3 nitrogen and oxygen atoms in total. The van der Waals surface area contributed by atoms with Crippen LogP contribution in [0, 0.1) is 5.41 Å². The van der Waals surface area contributed by atoms with Gasteiger partial charge in [-0.2, -0.15) is 0 Å². The lowest BCUT2D eigenvalue weighted by Gasteiger charge is -2.50. The first-order valence-corrected chi connectivity index (χ1v) is 6.00. The molecule has 0 atom stereocenters. The molecular weight excluding hydrogens is 202 g/mol. The van der Waals surface area contributed by atoms with Gasteiger partial charge >= 0.3 is 0 Å². The number of rotatable bonds is 2. The van der Waals surface area contributed by atoms with E-state index in [9.17, 15) is 9.90 Å². The Morgan fingerprint density at radius 2 is 1.75 bits per heavy atom. The van der Waals surface area contributed by atoms with Crippen LogP contribution in [-0.4, -0.2) is 33.6 Å². The Morgan fingerprint density at radius 1 is 1.25 bits per heavy atom. The summed E-state index contributed by atoms with van der Waals surface area (Å²) in [7, 11) is 0. The molecule has 1 amide bonds. The predicted molar refractivity (Wildman–Crippen MR) is 65.1 cm³/mol. The van der Waals surface area contributed by atoms with E-state index in [0.29, 0.717) is 6.42 Å². The standard InChI is InChI=1S/C13H25NO2/c1-11(2)7-8-14(10(15)9-11)12(3,4)13(5,6)16/h16H,7-9H2,1-6H3. The second-order valence-corrected chi connectivity index (χ2v) is 6.75. The highest BCUT2D eigenvalue weighted by Gasteiger charge is 2.45. The summed E-state index contributed by atoms with van der Waals surface area (Å²) in [6.45, 7) is 12.4. The SMILES string of the molecule is CC1(C)CCN(C(C)(C)C(C)(C)O)C(=O)C1. The number of carbonyl (C=O) groups is 1. The van der Waals surface area contributed by atoms with Crippen molar-refractivity contribution in [2.24, 2.45) is 5.41 Å². The number of hydrogen-bond acceptors (Lipinski definition) is 2. The first-order valence-electron chi connectivity index (χ1n) is 6.00. The lowest BCUT2D eigenvalue weighted by atomic mass is 9.77. The van der Waals surface area contributed by atoms with Gasteiger partial charge in [-0.1, -0.05) is 13.8 Å². The topological polar surface area (TPSA) is 40.5 Å². The molecule has 1 saturated heterocycles. The third-order valence-corrected chi connectivity index (χ3v) is 4.12. The molecule has 0 saturated carbocycles. The smallest absolute Gasteiger partial charge is 0.223 e. The monoisotopic (exact) mass is 227 g/mol. The molecule has 1 rings (SSSR count). The fraction of sp³-hybridized carbons (Fsp3) is 0.923. The van der Waals surface area contributed by atoms with Crippen LogP contribution in [0.5, 0.6) is 0 Å². The molecule has 94 valence electrons. The molecule has 1 fully saturated rings. The van der Waals surface area contributed by atoms with Crippen molar-refractivity contribution >= 4 is 5.91 Å². The Bertz CT molecular complexity index is 287. The van der Waals surface area contributed by atoms with Crippen LogP contribution in [0.4, 0.5) is 0 Å². The maximum Gasteiger partial charge on any atom is 0.223 e. The van der Waals surface area contributed by atoms with E-state index in [-0.39, 0.29) is 11.3 Å². The van der Waals surface area contributed by atoms with E-state index < -0.39 is 11.1 Å². The van der Waals surface area contributed by atoms with Crippen molar-refractivity contribution in [2.75, 3.05) is 6.54 Å². The third kappa shape index (κ3) is 2.40. The van der Waals surface area contributed by atoms with Crippen molar-refractivity contribution in [1.29, 1.82) is 0 Å². The van der Waals surface area contributed by atoms with Crippen LogP contribution in [0.25, 0.3) is 0 Å². The Hall–Kier alpha value is -0.570. The van der Waals surface area contributed by atoms with Crippen molar-refractivity contribution < 1.29 is 9.90 Å². The molecule has 3 heteroatoms. The minimum atomic E-state index is -0.885. The summed E-state index contributed by atoms with van der Waals surface area (Å²) in [6.07, 6.45) is 1.57. The maximum absolute atomic E-state index is 12.1. The van der Waals surface area contributed by atoms with Crippen molar-refractivity contribution in [3.8, 4) is 0 Å². The molecule has 1 heterocycles. The van der Waals surface area contributed by atoms with E-state index in [1.807, 2.05) is 18.7 Å². The molecule has 0 aromatic heterocycles. The number of amides is 1. The first-order chi connectivity index (χ1) is 6.97. The van der Waals surface area contributed by atoms with Crippen molar-refractivity contribution in [3.05, 3.63) is 0 Å². The molecular formula is C13H25NO2. The summed E-state index contributed by atoms with van der Waals surface area (Å²) in [4.78, 5) is 13.9. The number of hydrogen-bond donors (Lipinski definition) is 1. The minimum absolute atomic E-state index is 0.100. The zero-order valence-electron chi connectivity index (χ0n) is 11.4.